The number of aliphatic hydroxyl groups excluding tert-OH is 2. The molecule has 2 heterocycles. The zero-order chi connectivity index (χ0) is 58.7. The Morgan fingerprint density at radius 2 is 0.695 bits per heavy atom. The van der Waals surface area contributed by atoms with Crippen molar-refractivity contribution in [3.05, 3.63) is 46.5 Å². The predicted octanol–water partition coefficient (Wildman–Crippen LogP) is 11.1. The highest BCUT2D eigenvalue weighted by molar-refractivity contribution is 5.54. The van der Waals surface area contributed by atoms with E-state index in [9.17, 15) is 0 Å². The van der Waals surface area contributed by atoms with Crippen LogP contribution >= 0.6 is 0 Å². The molecule has 6 rings (SSSR count). The zero-order valence-corrected chi connectivity index (χ0v) is 52.3. The quantitative estimate of drug-likeness (QED) is 0.0600. The van der Waals surface area contributed by atoms with Crippen LogP contribution in [0.5, 0.6) is 23.0 Å². The molecule has 2 aromatic carbocycles. The highest BCUT2D eigenvalue weighted by atomic mass is 16.6. The lowest BCUT2D eigenvalue weighted by Crippen LogP contribution is -2.46. The summed E-state index contributed by atoms with van der Waals surface area (Å²) in [6.07, 6.45) is 16.7. The largest absolute Gasteiger partial charge is 0.491 e. The van der Waals surface area contributed by atoms with Gasteiger partial charge in [0.1, 0.15) is 47.4 Å². The summed E-state index contributed by atoms with van der Waals surface area (Å²) in [5.41, 5.74) is 4.86. The molecule has 16 heteroatoms. The first kappa shape index (κ1) is 69.9. The summed E-state index contributed by atoms with van der Waals surface area (Å²) in [6.45, 7) is 29.3. The van der Waals surface area contributed by atoms with Gasteiger partial charge in [0.15, 0.2) is 0 Å². The van der Waals surface area contributed by atoms with E-state index in [1.165, 1.54) is 99.3 Å². The normalized spacial score (nSPS) is 21.2. The number of rotatable bonds is 44. The average Bonchev–Trinajstić information content (AvgIpc) is 3.04. The second kappa shape index (κ2) is 40.5. The molecule has 2 aromatic rings. The Hall–Kier alpha value is -2.84. The van der Waals surface area contributed by atoms with Crippen LogP contribution in [0.3, 0.4) is 0 Å². The van der Waals surface area contributed by atoms with Gasteiger partial charge >= 0.3 is 0 Å². The van der Waals surface area contributed by atoms with Gasteiger partial charge in [-0.1, -0.05) is 66.2 Å². The number of aryl methyl sites for hydroxylation is 2. The van der Waals surface area contributed by atoms with Crippen molar-refractivity contribution in [3.63, 3.8) is 0 Å². The van der Waals surface area contributed by atoms with Gasteiger partial charge in [-0.2, -0.15) is 0 Å². The van der Waals surface area contributed by atoms with Gasteiger partial charge in [0, 0.05) is 23.0 Å². The van der Waals surface area contributed by atoms with Crippen LogP contribution in [-0.2, 0) is 60.2 Å². The summed E-state index contributed by atoms with van der Waals surface area (Å²) in [5, 5.41) is 17.3. The van der Waals surface area contributed by atoms with E-state index in [2.05, 4.69) is 79.7 Å². The fourth-order valence-corrected chi connectivity index (χ4v) is 12.2. The zero-order valence-electron chi connectivity index (χ0n) is 52.3. The molecule has 4 aliphatic rings. The summed E-state index contributed by atoms with van der Waals surface area (Å²) in [6, 6.07) is 9.11. The maximum atomic E-state index is 8.63. The number of aliphatic hydroxyl groups is 2. The van der Waals surface area contributed by atoms with Crippen molar-refractivity contribution in [1.29, 1.82) is 0 Å². The lowest BCUT2D eigenvalue weighted by atomic mass is 9.64. The number of hydrogen-bond acceptors (Lipinski definition) is 16. The number of benzene rings is 2. The molecule has 0 aromatic heterocycles. The van der Waals surface area contributed by atoms with Crippen molar-refractivity contribution < 1.29 is 76.5 Å². The van der Waals surface area contributed by atoms with Crippen molar-refractivity contribution in [3.8, 4) is 23.0 Å². The molecule has 2 saturated carbocycles. The maximum Gasteiger partial charge on any atom is 0.127 e. The van der Waals surface area contributed by atoms with Gasteiger partial charge in [-0.3, -0.25) is 0 Å². The first-order valence-electron chi connectivity index (χ1n) is 31.9. The van der Waals surface area contributed by atoms with Gasteiger partial charge in [0.2, 0.25) is 0 Å². The lowest BCUT2D eigenvalue weighted by Gasteiger charge is -2.49. The van der Waals surface area contributed by atoms with E-state index in [0.717, 1.165) is 47.7 Å². The molecule has 0 saturated heterocycles. The third-order valence-corrected chi connectivity index (χ3v) is 16.4. The van der Waals surface area contributed by atoms with E-state index in [-0.39, 0.29) is 24.4 Å². The van der Waals surface area contributed by atoms with Gasteiger partial charge < -0.3 is 76.5 Å². The number of unbranched alkanes of at least 4 members (excludes halogenated alkanes) is 4. The van der Waals surface area contributed by atoms with Crippen LogP contribution in [0.25, 0.3) is 0 Å². The molecule has 0 bridgehead atoms. The van der Waals surface area contributed by atoms with Gasteiger partial charge in [0.25, 0.3) is 0 Å². The maximum absolute atomic E-state index is 8.63. The molecule has 0 radical (unpaired) electrons. The van der Waals surface area contributed by atoms with Crippen molar-refractivity contribution in [2.24, 2.45) is 23.7 Å². The molecule has 2 aliphatic carbocycles. The standard InChI is InChI=1S/2C33H56O8/c2*1-5-6-7-8-27-24-30(32-28-23-26(2)9-10-29(28)33(3,4)41-31(32)25-27)40-22-21-39-20-19-38-18-17-37-16-15-36-14-13-35-12-11-34/h2*24-26,28-29,34H,5-23H2,1-4H3/t26-,28+,29+;26-,28-,29-/m01/s1. The van der Waals surface area contributed by atoms with Crippen LogP contribution in [0.1, 0.15) is 167 Å². The van der Waals surface area contributed by atoms with Crippen molar-refractivity contribution in [1.82, 2.24) is 0 Å². The van der Waals surface area contributed by atoms with Crippen molar-refractivity contribution >= 4 is 0 Å². The van der Waals surface area contributed by atoms with Crippen LogP contribution in [0.2, 0.25) is 0 Å². The van der Waals surface area contributed by atoms with Gasteiger partial charge in [-0.25, -0.2) is 0 Å². The molecule has 0 unspecified atom stereocenters. The molecular formula is C66H112O16. The highest BCUT2D eigenvalue weighted by Gasteiger charge is 2.49. The highest BCUT2D eigenvalue weighted by Crippen LogP contribution is 2.57. The van der Waals surface area contributed by atoms with Crippen molar-refractivity contribution in [2.75, 3.05) is 159 Å². The van der Waals surface area contributed by atoms with Gasteiger partial charge in [-0.05, 0) is 138 Å². The fourth-order valence-electron chi connectivity index (χ4n) is 12.2. The molecule has 472 valence electrons. The molecule has 16 nitrogen and oxygen atoms in total. The molecule has 2 aliphatic heterocycles. The first-order chi connectivity index (χ1) is 39.9. The monoisotopic (exact) mass is 1160 g/mol. The Labute approximate surface area is 494 Å². The van der Waals surface area contributed by atoms with E-state index in [4.69, 9.17) is 76.5 Å². The number of hydrogen-bond donors (Lipinski definition) is 2. The summed E-state index contributed by atoms with van der Waals surface area (Å²) >= 11 is 0. The van der Waals surface area contributed by atoms with Crippen LogP contribution in [0, 0.1) is 23.7 Å². The van der Waals surface area contributed by atoms with Crippen molar-refractivity contribution in [2.45, 2.75) is 168 Å². The van der Waals surface area contributed by atoms with E-state index >= 15 is 0 Å². The SMILES string of the molecule is CCCCCc1cc(OCCOCCOCCOCCOCCOCCO)c2c(c1)OC(C)(C)[C@@H]1CC[C@@H](C)C[C@@H]21.CCCCCc1cc(OCCOCCOCCOCCOCCOCCO)c2c(c1)OC(C)(C)[C@@H]1CC[C@H](C)C[C@@H]21. The predicted molar refractivity (Wildman–Crippen MR) is 321 cm³/mol. The topological polar surface area (TPSA) is 170 Å². The smallest absolute Gasteiger partial charge is 0.127 e. The van der Waals surface area contributed by atoms with Crippen LogP contribution in [0.15, 0.2) is 24.3 Å². The Morgan fingerprint density at radius 1 is 0.402 bits per heavy atom. The molecular weight excluding hydrogens is 1050 g/mol. The Balaban J connectivity index is 0.000000301. The lowest BCUT2D eigenvalue weighted by molar-refractivity contribution is -0.0172. The average molecular weight is 1160 g/mol. The molecule has 2 N–H and O–H groups in total. The Kier molecular flexibility index (Phi) is 34.6. The Bertz CT molecular complexity index is 1830. The summed E-state index contributed by atoms with van der Waals surface area (Å²) in [4.78, 5) is 0. The number of ether oxygens (including phenoxy) is 14. The van der Waals surface area contributed by atoms with Crippen LogP contribution in [0.4, 0.5) is 0 Å². The van der Waals surface area contributed by atoms with Crippen LogP contribution in [-0.4, -0.2) is 180 Å². The fraction of sp³-hybridized carbons (Fsp3) is 0.818. The molecule has 0 spiro atoms. The third kappa shape index (κ3) is 25.2. The minimum atomic E-state index is -0.157. The second-order valence-electron chi connectivity index (χ2n) is 23.9. The minimum absolute atomic E-state index is 0.0337. The van der Waals surface area contributed by atoms with E-state index < -0.39 is 0 Å². The van der Waals surface area contributed by atoms with E-state index in [1.54, 1.807) is 0 Å². The second-order valence-corrected chi connectivity index (χ2v) is 23.9. The molecule has 0 amide bonds. The van der Waals surface area contributed by atoms with E-state index in [0.29, 0.717) is 169 Å². The first-order valence-corrected chi connectivity index (χ1v) is 31.9. The van der Waals surface area contributed by atoms with Crippen LogP contribution < -0.4 is 18.9 Å². The summed E-state index contributed by atoms with van der Waals surface area (Å²) < 4.78 is 81.0. The molecule has 82 heavy (non-hydrogen) atoms. The summed E-state index contributed by atoms with van der Waals surface area (Å²) in [5.74, 6) is 7.48. The Morgan fingerprint density at radius 3 is 0.988 bits per heavy atom. The molecule has 6 atom stereocenters. The molecule has 2 fully saturated rings. The minimum Gasteiger partial charge on any atom is -0.491 e. The van der Waals surface area contributed by atoms with E-state index in [1.807, 2.05) is 0 Å². The number of fused-ring (bicyclic) bond motifs is 6. The third-order valence-electron chi connectivity index (χ3n) is 16.4. The summed E-state index contributed by atoms with van der Waals surface area (Å²) in [7, 11) is 0. The van der Waals surface area contributed by atoms with Gasteiger partial charge in [0.05, 0.1) is 145 Å². The van der Waals surface area contributed by atoms with Gasteiger partial charge in [-0.15, -0.1) is 0 Å².